The molecular formula is C21H22ClN3OS. The van der Waals surface area contributed by atoms with Crippen LogP contribution in [0.5, 0.6) is 0 Å². The first kappa shape index (κ1) is 18.4. The zero-order valence-electron chi connectivity index (χ0n) is 15.2. The van der Waals surface area contributed by atoms with Gasteiger partial charge in [0.15, 0.2) is 0 Å². The number of amides is 1. The third-order valence-electron chi connectivity index (χ3n) is 5.19. The van der Waals surface area contributed by atoms with Crippen molar-refractivity contribution in [2.24, 2.45) is 0 Å². The Balaban J connectivity index is 1.64. The van der Waals surface area contributed by atoms with Gasteiger partial charge < -0.3 is 5.32 Å². The van der Waals surface area contributed by atoms with Crippen molar-refractivity contribution in [2.75, 3.05) is 19.6 Å². The molecule has 1 aliphatic rings. The lowest BCUT2D eigenvalue weighted by Crippen LogP contribution is -2.40. The standard InChI is InChI=1S/C21H22ClN3OS/c1-2-25-11-5-6-14(25)13-23-21(26)16-12-18(19-9-10-20(22)27-19)24-17-8-4-3-7-15(16)17/h3-4,7-10,12,14H,2,5-6,11,13H2,1H3,(H,23,26). The third-order valence-corrected chi connectivity index (χ3v) is 6.44. The summed E-state index contributed by atoms with van der Waals surface area (Å²) in [6.45, 7) is 5.01. The number of aromatic nitrogens is 1. The maximum Gasteiger partial charge on any atom is 0.252 e. The van der Waals surface area contributed by atoms with Gasteiger partial charge in [0.2, 0.25) is 0 Å². The minimum atomic E-state index is -0.0412. The Morgan fingerprint density at radius 3 is 2.96 bits per heavy atom. The number of hydrogen-bond donors (Lipinski definition) is 1. The smallest absolute Gasteiger partial charge is 0.252 e. The number of nitrogens with zero attached hydrogens (tertiary/aromatic N) is 2. The van der Waals surface area contributed by atoms with Gasteiger partial charge in [0.25, 0.3) is 5.91 Å². The van der Waals surface area contributed by atoms with Gasteiger partial charge in [-0.1, -0.05) is 36.7 Å². The SMILES string of the molecule is CCN1CCCC1CNC(=O)c1cc(-c2ccc(Cl)s2)nc2ccccc12. The van der Waals surface area contributed by atoms with Crippen molar-refractivity contribution < 1.29 is 4.79 Å². The minimum absolute atomic E-state index is 0.0412. The highest BCUT2D eigenvalue weighted by molar-refractivity contribution is 7.19. The molecule has 0 radical (unpaired) electrons. The molecule has 27 heavy (non-hydrogen) atoms. The Morgan fingerprint density at radius 1 is 1.33 bits per heavy atom. The zero-order chi connectivity index (χ0) is 18.8. The molecule has 1 aromatic carbocycles. The molecule has 4 nitrogen and oxygen atoms in total. The average molecular weight is 400 g/mol. The molecule has 6 heteroatoms. The van der Waals surface area contributed by atoms with Crippen molar-refractivity contribution in [1.29, 1.82) is 0 Å². The zero-order valence-corrected chi connectivity index (χ0v) is 16.8. The number of likely N-dealkylation sites (tertiary alicyclic amines) is 1. The number of likely N-dealkylation sites (N-methyl/N-ethyl adjacent to an activating group) is 1. The first-order valence-electron chi connectivity index (χ1n) is 9.33. The Bertz CT molecular complexity index is 971. The summed E-state index contributed by atoms with van der Waals surface area (Å²) in [6, 6.07) is 13.9. The van der Waals surface area contributed by atoms with Crippen LogP contribution in [-0.4, -0.2) is 41.5 Å². The fourth-order valence-corrected chi connectivity index (χ4v) is 4.79. The Labute approximate surface area is 168 Å². The molecule has 0 spiro atoms. The second kappa shape index (κ2) is 7.97. The number of fused-ring (bicyclic) bond motifs is 1. The number of pyridine rings is 1. The number of rotatable bonds is 5. The molecule has 0 bridgehead atoms. The van der Waals surface area contributed by atoms with Gasteiger partial charge in [0.1, 0.15) is 0 Å². The van der Waals surface area contributed by atoms with Crippen molar-refractivity contribution in [1.82, 2.24) is 15.2 Å². The van der Waals surface area contributed by atoms with E-state index in [1.54, 1.807) is 0 Å². The molecule has 1 saturated heterocycles. The predicted octanol–water partition coefficient (Wildman–Crippen LogP) is 4.83. The molecule has 4 rings (SSSR count). The summed E-state index contributed by atoms with van der Waals surface area (Å²) in [6.07, 6.45) is 2.35. The van der Waals surface area contributed by atoms with Crippen LogP contribution in [-0.2, 0) is 0 Å². The molecule has 1 atom stereocenters. The van der Waals surface area contributed by atoms with Crippen LogP contribution in [0.1, 0.15) is 30.1 Å². The van der Waals surface area contributed by atoms with Crippen molar-refractivity contribution >= 4 is 39.7 Å². The van der Waals surface area contributed by atoms with Gasteiger partial charge >= 0.3 is 0 Å². The summed E-state index contributed by atoms with van der Waals surface area (Å²) in [4.78, 5) is 21.1. The van der Waals surface area contributed by atoms with E-state index in [0.717, 1.165) is 41.0 Å². The third kappa shape index (κ3) is 3.86. The number of carbonyl (C=O) groups is 1. The number of hydrogen-bond acceptors (Lipinski definition) is 4. The molecule has 3 aromatic rings. The van der Waals surface area contributed by atoms with E-state index in [9.17, 15) is 4.79 Å². The summed E-state index contributed by atoms with van der Waals surface area (Å²) < 4.78 is 0.715. The molecule has 1 unspecified atom stereocenters. The molecule has 0 aliphatic carbocycles. The second-order valence-corrected chi connectivity index (χ2v) is 8.53. The van der Waals surface area contributed by atoms with Crippen molar-refractivity contribution in [3.8, 4) is 10.6 Å². The highest BCUT2D eigenvalue weighted by Crippen LogP contribution is 2.32. The summed E-state index contributed by atoms with van der Waals surface area (Å²) >= 11 is 7.56. The Kier molecular flexibility index (Phi) is 5.43. The van der Waals surface area contributed by atoms with Gasteiger partial charge in [-0.05, 0) is 50.2 Å². The molecule has 3 heterocycles. The van der Waals surface area contributed by atoms with Crippen LogP contribution in [0.3, 0.4) is 0 Å². The maximum atomic E-state index is 13.0. The van der Waals surface area contributed by atoms with Crippen LogP contribution < -0.4 is 5.32 Å². The van der Waals surface area contributed by atoms with E-state index in [-0.39, 0.29) is 5.91 Å². The van der Waals surface area contributed by atoms with E-state index in [2.05, 4.69) is 17.1 Å². The first-order chi connectivity index (χ1) is 13.2. The monoisotopic (exact) mass is 399 g/mol. The molecule has 0 saturated carbocycles. The lowest BCUT2D eigenvalue weighted by Gasteiger charge is -2.23. The largest absolute Gasteiger partial charge is 0.350 e. The quantitative estimate of drug-likeness (QED) is 0.668. The first-order valence-corrected chi connectivity index (χ1v) is 10.5. The van der Waals surface area contributed by atoms with E-state index in [1.807, 2.05) is 42.5 Å². The molecule has 140 valence electrons. The average Bonchev–Trinajstić information content (AvgIpc) is 3.33. The molecule has 1 fully saturated rings. The lowest BCUT2D eigenvalue weighted by atomic mass is 10.1. The summed E-state index contributed by atoms with van der Waals surface area (Å²) in [5.74, 6) is -0.0412. The van der Waals surface area contributed by atoms with Gasteiger partial charge in [0.05, 0.1) is 26.0 Å². The Hall–Kier alpha value is -1.95. The van der Waals surface area contributed by atoms with Crippen LogP contribution in [0, 0.1) is 0 Å². The molecule has 1 N–H and O–H groups in total. The number of thiophene rings is 1. The second-order valence-electron chi connectivity index (χ2n) is 6.81. The molecular weight excluding hydrogens is 378 g/mol. The highest BCUT2D eigenvalue weighted by atomic mass is 35.5. The van der Waals surface area contributed by atoms with E-state index in [1.165, 1.54) is 17.8 Å². The van der Waals surface area contributed by atoms with Crippen LogP contribution >= 0.6 is 22.9 Å². The van der Waals surface area contributed by atoms with Crippen molar-refractivity contribution in [3.05, 3.63) is 52.4 Å². The van der Waals surface area contributed by atoms with Crippen LogP contribution in [0.15, 0.2) is 42.5 Å². The summed E-state index contributed by atoms with van der Waals surface area (Å²) in [5.41, 5.74) is 2.27. The number of nitrogens with one attached hydrogen (secondary N) is 1. The van der Waals surface area contributed by atoms with Gasteiger partial charge in [-0.3, -0.25) is 9.69 Å². The predicted molar refractivity (Wildman–Crippen MR) is 113 cm³/mol. The highest BCUT2D eigenvalue weighted by Gasteiger charge is 2.24. The molecule has 2 aromatic heterocycles. The summed E-state index contributed by atoms with van der Waals surface area (Å²) in [5, 5.41) is 4.03. The van der Waals surface area contributed by atoms with Gasteiger partial charge in [-0.25, -0.2) is 4.98 Å². The fraction of sp³-hybridized carbons (Fsp3) is 0.333. The van der Waals surface area contributed by atoms with E-state index in [0.29, 0.717) is 22.5 Å². The molecule has 1 aliphatic heterocycles. The van der Waals surface area contributed by atoms with Crippen LogP contribution in [0.25, 0.3) is 21.5 Å². The maximum absolute atomic E-state index is 13.0. The number of para-hydroxylation sites is 1. The normalized spacial score (nSPS) is 17.5. The van der Waals surface area contributed by atoms with Crippen molar-refractivity contribution in [3.63, 3.8) is 0 Å². The van der Waals surface area contributed by atoms with E-state index in [4.69, 9.17) is 16.6 Å². The van der Waals surface area contributed by atoms with E-state index >= 15 is 0 Å². The topological polar surface area (TPSA) is 45.2 Å². The van der Waals surface area contributed by atoms with Gasteiger partial charge in [0, 0.05) is 18.0 Å². The van der Waals surface area contributed by atoms with Crippen molar-refractivity contribution in [2.45, 2.75) is 25.8 Å². The summed E-state index contributed by atoms with van der Waals surface area (Å²) in [7, 11) is 0. The number of halogens is 1. The number of benzene rings is 1. The minimum Gasteiger partial charge on any atom is -0.350 e. The van der Waals surface area contributed by atoms with Gasteiger partial charge in [-0.2, -0.15) is 0 Å². The molecule has 1 amide bonds. The van der Waals surface area contributed by atoms with Gasteiger partial charge in [-0.15, -0.1) is 11.3 Å². The Morgan fingerprint density at radius 2 is 2.19 bits per heavy atom. The van der Waals surface area contributed by atoms with E-state index < -0.39 is 0 Å². The lowest BCUT2D eigenvalue weighted by molar-refractivity contribution is 0.0943. The number of carbonyl (C=O) groups excluding carboxylic acids is 1. The fourth-order valence-electron chi connectivity index (χ4n) is 3.79. The van der Waals surface area contributed by atoms with Crippen LogP contribution in [0.4, 0.5) is 0 Å². The van der Waals surface area contributed by atoms with Crippen LogP contribution in [0.2, 0.25) is 4.34 Å².